The highest BCUT2D eigenvalue weighted by atomic mass is 16.2. The predicted molar refractivity (Wildman–Crippen MR) is 109 cm³/mol. The van der Waals surface area contributed by atoms with Gasteiger partial charge in [0.25, 0.3) is 11.8 Å². The van der Waals surface area contributed by atoms with Crippen LogP contribution in [0, 0.1) is 6.92 Å². The number of rotatable bonds is 4. The Hall–Kier alpha value is -3.15. The van der Waals surface area contributed by atoms with E-state index in [0.29, 0.717) is 11.2 Å². The summed E-state index contributed by atoms with van der Waals surface area (Å²) in [5.41, 5.74) is 3.89. The van der Waals surface area contributed by atoms with Crippen LogP contribution < -0.4 is 5.32 Å². The number of imidazole rings is 1. The second-order valence-electron chi connectivity index (χ2n) is 7.16. The number of nitrogens with one attached hydrogen (secondary N) is 1. The molecule has 2 aromatic heterocycles. The molecule has 0 bridgehead atoms. The molecular weight excluding hydrogens is 352 g/mol. The summed E-state index contributed by atoms with van der Waals surface area (Å²) in [7, 11) is 0. The lowest BCUT2D eigenvalue weighted by Gasteiger charge is -2.13. The zero-order valence-corrected chi connectivity index (χ0v) is 16.2. The summed E-state index contributed by atoms with van der Waals surface area (Å²) < 4.78 is 1.70. The molecule has 0 saturated carbocycles. The molecule has 144 valence electrons. The maximum Gasteiger partial charge on any atom is 0.292 e. The van der Waals surface area contributed by atoms with E-state index in [0.717, 1.165) is 49.2 Å². The molecule has 3 aromatic rings. The monoisotopic (exact) mass is 376 g/mol. The molecular formula is C22H24N4O2. The van der Waals surface area contributed by atoms with Crippen LogP contribution in [-0.2, 0) is 6.42 Å². The molecule has 6 heteroatoms. The lowest BCUT2D eigenvalue weighted by Crippen LogP contribution is -2.28. The molecule has 1 fully saturated rings. The fourth-order valence-corrected chi connectivity index (χ4v) is 3.80. The number of para-hydroxylation sites is 1. The molecule has 0 radical (unpaired) electrons. The summed E-state index contributed by atoms with van der Waals surface area (Å²) in [6.45, 7) is 5.52. The van der Waals surface area contributed by atoms with Crippen molar-refractivity contribution in [1.29, 1.82) is 0 Å². The Balaban J connectivity index is 1.73. The Morgan fingerprint density at radius 3 is 2.64 bits per heavy atom. The van der Waals surface area contributed by atoms with E-state index in [-0.39, 0.29) is 17.6 Å². The summed E-state index contributed by atoms with van der Waals surface area (Å²) in [5.74, 6) is -0.195. The van der Waals surface area contributed by atoms with Gasteiger partial charge < -0.3 is 10.2 Å². The predicted octanol–water partition coefficient (Wildman–Crippen LogP) is 3.69. The van der Waals surface area contributed by atoms with Crippen molar-refractivity contribution in [2.75, 3.05) is 18.4 Å². The Morgan fingerprint density at radius 1 is 1.11 bits per heavy atom. The van der Waals surface area contributed by atoms with Gasteiger partial charge in [0.15, 0.2) is 5.69 Å². The number of likely N-dealkylation sites (tertiary alicyclic amines) is 1. The maximum atomic E-state index is 13.1. The second kappa shape index (κ2) is 7.46. The number of fused-ring (bicyclic) bond motifs is 1. The first-order chi connectivity index (χ1) is 13.6. The SMILES string of the molecule is CCc1cccc(C)c1NC(=O)c1nc(C(=O)N2CCCC2)c2ccccn12. The van der Waals surface area contributed by atoms with E-state index in [1.54, 1.807) is 10.6 Å². The Morgan fingerprint density at radius 2 is 1.89 bits per heavy atom. The number of hydrogen-bond acceptors (Lipinski definition) is 3. The van der Waals surface area contributed by atoms with Crippen LogP contribution in [0.15, 0.2) is 42.6 Å². The van der Waals surface area contributed by atoms with E-state index >= 15 is 0 Å². The molecule has 3 heterocycles. The van der Waals surface area contributed by atoms with Crippen LogP contribution in [0.5, 0.6) is 0 Å². The van der Waals surface area contributed by atoms with Gasteiger partial charge in [0, 0.05) is 25.0 Å². The minimum absolute atomic E-state index is 0.106. The van der Waals surface area contributed by atoms with Gasteiger partial charge in [-0.05, 0) is 49.4 Å². The van der Waals surface area contributed by atoms with E-state index in [1.165, 1.54) is 0 Å². The van der Waals surface area contributed by atoms with Crippen molar-refractivity contribution < 1.29 is 9.59 Å². The van der Waals surface area contributed by atoms with Gasteiger partial charge in [-0.2, -0.15) is 0 Å². The molecule has 28 heavy (non-hydrogen) atoms. The van der Waals surface area contributed by atoms with Gasteiger partial charge in [-0.25, -0.2) is 4.98 Å². The molecule has 1 aliphatic rings. The largest absolute Gasteiger partial charge is 0.337 e. The highest BCUT2D eigenvalue weighted by Gasteiger charge is 2.27. The van der Waals surface area contributed by atoms with Gasteiger partial charge in [-0.1, -0.05) is 31.2 Å². The molecule has 1 N–H and O–H groups in total. The molecule has 0 aliphatic carbocycles. The summed E-state index contributed by atoms with van der Waals surface area (Å²) in [4.78, 5) is 32.3. The first-order valence-electron chi connectivity index (χ1n) is 9.76. The molecule has 1 saturated heterocycles. The summed E-state index contributed by atoms with van der Waals surface area (Å²) >= 11 is 0. The molecule has 0 spiro atoms. The van der Waals surface area contributed by atoms with Crippen LogP contribution in [0.2, 0.25) is 0 Å². The van der Waals surface area contributed by atoms with Crippen LogP contribution in [0.25, 0.3) is 5.52 Å². The number of benzene rings is 1. The fraction of sp³-hybridized carbons (Fsp3) is 0.318. The molecule has 0 unspecified atom stereocenters. The van der Waals surface area contributed by atoms with E-state index in [4.69, 9.17) is 0 Å². The van der Waals surface area contributed by atoms with Crippen LogP contribution in [0.1, 0.15) is 52.0 Å². The zero-order valence-electron chi connectivity index (χ0n) is 16.2. The van der Waals surface area contributed by atoms with E-state index in [2.05, 4.69) is 17.2 Å². The number of amides is 2. The van der Waals surface area contributed by atoms with Crippen molar-refractivity contribution in [1.82, 2.24) is 14.3 Å². The van der Waals surface area contributed by atoms with Crippen molar-refractivity contribution in [2.24, 2.45) is 0 Å². The normalized spacial score (nSPS) is 13.9. The van der Waals surface area contributed by atoms with Gasteiger partial charge in [-0.15, -0.1) is 0 Å². The number of pyridine rings is 1. The maximum absolute atomic E-state index is 13.1. The van der Waals surface area contributed by atoms with Gasteiger partial charge in [-0.3, -0.25) is 14.0 Å². The lowest BCUT2D eigenvalue weighted by molar-refractivity contribution is 0.0789. The second-order valence-corrected chi connectivity index (χ2v) is 7.16. The fourth-order valence-electron chi connectivity index (χ4n) is 3.80. The quantitative estimate of drug-likeness (QED) is 0.755. The van der Waals surface area contributed by atoms with Crippen LogP contribution >= 0.6 is 0 Å². The van der Waals surface area contributed by atoms with Gasteiger partial charge >= 0.3 is 0 Å². The minimum atomic E-state index is -0.314. The number of hydrogen-bond donors (Lipinski definition) is 1. The topological polar surface area (TPSA) is 66.7 Å². The summed E-state index contributed by atoms with van der Waals surface area (Å²) in [5, 5.41) is 3.01. The average Bonchev–Trinajstić information content (AvgIpc) is 3.37. The highest BCUT2D eigenvalue weighted by Crippen LogP contribution is 2.23. The number of carbonyl (C=O) groups is 2. The van der Waals surface area contributed by atoms with Crippen molar-refractivity contribution in [3.63, 3.8) is 0 Å². The average molecular weight is 376 g/mol. The molecule has 2 amide bonds. The first-order valence-corrected chi connectivity index (χ1v) is 9.76. The number of aromatic nitrogens is 2. The van der Waals surface area contributed by atoms with Gasteiger partial charge in [0.2, 0.25) is 5.82 Å². The highest BCUT2D eigenvalue weighted by molar-refractivity contribution is 6.06. The minimum Gasteiger partial charge on any atom is -0.337 e. The summed E-state index contributed by atoms with van der Waals surface area (Å²) in [6.07, 6.45) is 4.62. The third kappa shape index (κ3) is 3.15. The smallest absolute Gasteiger partial charge is 0.292 e. The van der Waals surface area contributed by atoms with Crippen molar-refractivity contribution >= 4 is 23.0 Å². The van der Waals surface area contributed by atoms with Crippen LogP contribution in [0.4, 0.5) is 5.69 Å². The number of carbonyl (C=O) groups excluding carboxylic acids is 2. The van der Waals surface area contributed by atoms with Crippen molar-refractivity contribution in [2.45, 2.75) is 33.1 Å². The standard InChI is InChI=1S/C22H24N4O2/c1-3-16-10-8-9-15(2)18(16)24-21(27)20-23-19(17-11-4-5-14-26(17)20)22(28)25-12-6-7-13-25/h4-5,8-11,14H,3,6-7,12-13H2,1-2H3,(H,24,27). The summed E-state index contributed by atoms with van der Waals surface area (Å²) in [6, 6.07) is 11.5. The van der Waals surface area contributed by atoms with Crippen molar-refractivity contribution in [3.05, 3.63) is 65.2 Å². The Kier molecular flexibility index (Phi) is 4.86. The number of nitrogens with zero attached hydrogens (tertiary/aromatic N) is 3. The first kappa shape index (κ1) is 18.2. The van der Waals surface area contributed by atoms with E-state index in [9.17, 15) is 9.59 Å². The molecule has 4 rings (SSSR count). The van der Waals surface area contributed by atoms with E-state index < -0.39 is 0 Å². The lowest BCUT2D eigenvalue weighted by atomic mass is 10.1. The molecule has 6 nitrogen and oxygen atoms in total. The van der Waals surface area contributed by atoms with Crippen molar-refractivity contribution in [3.8, 4) is 0 Å². The Labute approximate surface area is 164 Å². The van der Waals surface area contributed by atoms with Gasteiger partial charge in [0.1, 0.15) is 0 Å². The van der Waals surface area contributed by atoms with Gasteiger partial charge in [0.05, 0.1) is 5.52 Å². The zero-order chi connectivity index (χ0) is 19.7. The molecule has 1 aliphatic heterocycles. The number of aryl methyl sites for hydroxylation is 2. The van der Waals surface area contributed by atoms with E-state index in [1.807, 2.05) is 48.2 Å². The molecule has 1 aromatic carbocycles. The third-order valence-corrected chi connectivity index (χ3v) is 5.33. The Bertz CT molecular complexity index is 1050. The molecule has 0 atom stereocenters. The van der Waals surface area contributed by atoms with Crippen LogP contribution in [-0.4, -0.2) is 39.2 Å². The third-order valence-electron chi connectivity index (χ3n) is 5.33. The van der Waals surface area contributed by atoms with Crippen LogP contribution in [0.3, 0.4) is 0 Å². The number of anilines is 1.